The van der Waals surface area contributed by atoms with Gasteiger partial charge in [-0.25, -0.2) is 0 Å². The summed E-state index contributed by atoms with van der Waals surface area (Å²) in [4.78, 5) is 0. The van der Waals surface area contributed by atoms with Gasteiger partial charge in [-0.1, -0.05) is 81.1 Å². The van der Waals surface area contributed by atoms with Gasteiger partial charge in [-0.05, 0) is 29.1 Å². The van der Waals surface area contributed by atoms with Crippen LogP contribution in [0.4, 0.5) is 0 Å². The quantitative estimate of drug-likeness (QED) is 0.477. The molecule has 17 heavy (non-hydrogen) atoms. The van der Waals surface area contributed by atoms with Gasteiger partial charge >= 0.3 is 0 Å². The Kier molecular flexibility index (Phi) is 7.44. The number of unbranched alkanes of at least 4 members (excludes halogenated alkanes) is 1. The lowest BCUT2D eigenvalue weighted by molar-refractivity contribution is 0.0393. The van der Waals surface area contributed by atoms with Gasteiger partial charge in [0.2, 0.25) is 0 Å². The second-order valence-electron chi connectivity index (χ2n) is 7.02. The number of rotatable bonds is 8. The Labute approximate surface area is 111 Å². The fourth-order valence-electron chi connectivity index (χ4n) is 3.81. The highest BCUT2D eigenvalue weighted by atomic mass is 14.4. The molecule has 0 heterocycles. The highest BCUT2D eigenvalue weighted by Gasteiger charge is 2.38. The van der Waals surface area contributed by atoms with Crippen LogP contribution in [0.2, 0.25) is 0 Å². The van der Waals surface area contributed by atoms with Gasteiger partial charge in [-0.15, -0.1) is 0 Å². The Balaban J connectivity index is 4.82. The fraction of sp³-hybridized carbons (Fsp3) is 1.00. The third-order valence-electron chi connectivity index (χ3n) is 5.09. The number of hydrogen-bond donors (Lipinski definition) is 0. The van der Waals surface area contributed by atoms with Gasteiger partial charge in [0.25, 0.3) is 0 Å². The summed E-state index contributed by atoms with van der Waals surface area (Å²) in [5.41, 5.74) is 0.468. The van der Waals surface area contributed by atoms with Gasteiger partial charge in [0.05, 0.1) is 0 Å². The van der Waals surface area contributed by atoms with Crippen LogP contribution in [0.3, 0.4) is 0 Å². The van der Waals surface area contributed by atoms with Crippen LogP contribution < -0.4 is 0 Å². The molecule has 3 atom stereocenters. The van der Waals surface area contributed by atoms with E-state index in [1.165, 1.54) is 25.7 Å². The zero-order valence-corrected chi connectivity index (χ0v) is 13.6. The Morgan fingerprint density at radius 3 is 1.82 bits per heavy atom. The summed E-state index contributed by atoms with van der Waals surface area (Å²) < 4.78 is 0. The van der Waals surface area contributed by atoms with Crippen molar-refractivity contribution in [2.45, 2.75) is 81.1 Å². The summed E-state index contributed by atoms with van der Waals surface area (Å²) in [6.45, 7) is 19.4. The smallest absolute Gasteiger partial charge is 0.0295 e. The molecule has 0 amide bonds. The predicted octanol–water partition coefficient (Wildman–Crippen LogP) is 6.16. The highest BCUT2D eigenvalue weighted by molar-refractivity contribution is 4.87. The second kappa shape index (κ2) is 7.44. The second-order valence-corrected chi connectivity index (χ2v) is 7.02. The fourth-order valence-corrected chi connectivity index (χ4v) is 3.81. The van der Waals surface area contributed by atoms with E-state index in [2.05, 4.69) is 55.4 Å². The van der Waals surface area contributed by atoms with Crippen LogP contribution in [-0.4, -0.2) is 0 Å². The lowest BCUT2D eigenvalue weighted by atomic mass is 9.60. The van der Waals surface area contributed by atoms with Gasteiger partial charge in [-0.3, -0.25) is 0 Å². The molecule has 0 saturated carbocycles. The Morgan fingerprint density at radius 2 is 1.47 bits per heavy atom. The molecule has 0 aromatic carbocycles. The SMILES string of the molecule is CCCCC(C)C(C(C)C)C(C)(C)C(C)CC. The van der Waals surface area contributed by atoms with E-state index in [0.717, 1.165) is 23.7 Å². The van der Waals surface area contributed by atoms with Gasteiger partial charge in [-0.2, -0.15) is 0 Å². The van der Waals surface area contributed by atoms with Crippen LogP contribution in [0.25, 0.3) is 0 Å². The highest BCUT2D eigenvalue weighted by Crippen LogP contribution is 2.45. The van der Waals surface area contributed by atoms with Crippen molar-refractivity contribution in [3.63, 3.8) is 0 Å². The maximum Gasteiger partial charge on any atom is -0.0295 e. The van der Waals surface area contributed by atoms with E-state index < -0.39 is 0 Å². The van der Waals surface area contributed by atoms with E-state index in [9.17, 15) is 0 Å². The zero-order valence-electron chi connectivity index (χ0n) is 13.6. The lowest BCUT2D eigenvalue weighted by Gasteiger charge is -2.45. The van der Waals surface area contributed by atoms with Crippen molar-refractivity contribution in [2.24, 2.45) is 29.1 Å². The van der Waals surface area contributed by atoms with Crippen molar-refractivity contribution in [1.29, 1.82) is 0 Å². The first-order valence-electron chi connectivity index (χ1n) is 7.78. The van der Waals surface area contributed by atoms with Gasteiger partial charge in [0, 0.05) is 0 Å². The predicted molar refractivity (Wildman–Crippen MR) is 80.3 cm³/mol. The van der Waals surface area contributed by atoms with Crippen molar-refractivity contribution >= 4 is 0 Å². The molecule has 0 radical (unpaired) electrons. The van der Waals surface area contributed by atoms with Crippen LogP contribution in [-0.2, 0) is 0 Å². The zero-order chi connectivity index (χ0) is 13.6. The van der Waals surface area contributed by atoms with E-state index in [1.807, 2.05) is 0 Å². The molecule has 0 aliphatic rings. The lowest BCUT2D eigenvalue weighted by Crippen LogP contribution is -2.38. The van der Waals surface area contributed by atoms with Crippen LogP contribution in [0.15, 0.2) is 0 Å². The summed E-state index contributed by atoms with van der Waals surface area (Å²) in [7, 11) is 0. The first kappa shape index (κ1) is 17.0. The molecule has 0 aromatic rings. The summed E-state index contributed by atoms with van der Waals surface area (Å²) in [5.74, 6) is 3.33. The van der Waals surface area contributed by atoms with Crippen molar-refractivity contribution in [1.82, 2.24) is 0 Å². The maximum atomic E-state index is 2.49. The van der Waals surface area contributed by atoms with Crippen LogP contribution in [0, 0.1) is 29.1 Å². The minimum absolute atomic E-state index is 0.468. The van der Waals surface area contributed by atoms with Crippen LogP contribution in [0.1, 0.15) is 81.1 Å². The van der Waals surface area contributed by atoms with E-state index in [0.29, 0.717) is 5.41 Å². The molecular formula is C17H36. The van der Waals surface area contributed by atoms with Gasteiger partial charge in [0.1, 0.15) is 0 Å². The molecule has 0 bridgehead atoms. The summed E-state index contributed by atoms with van der Waals surface area (Å²) >= 11 is 0. The largest absolute Gasteiger partial charge is 0.0654 e. The molecular weight excluding hydrogens is 204 g/mol. The molecule has 0 aliphatic heterocycles. The molecule has 0 N–H and O–H groups in total. The van der Waals surface area contributed by atoms with E-state index in [4.69, 9.17) is 0 Å². The topological polar surface area (TPSA) is 0 Å². The molecule has 0 aliphatic carbocycles. The Morgan fingerprint density at radius 1 is 0.941 bits per heavy atom. The normalized spacial score (nSPS) is 18.2. The van der Waals surface area contributed by atoms with E-state index in [-0.39, 0.29) is 0 Å². The van der Waals surface area contributed by atoms with Crippen LogP contribution >= 0.6 is 0 Å². The summed E-state index contributed by atoms with van der Waals surface area (Å²) in [5, 5.41) is 0. The number of hydrogen-bond acceptors (Lipinski definition) is 0. The summed E-state index contributed by atoms with van der Waals surface area (Å²) in [6.07, 6.45) is 5.43. The molecule has 0 nitrogen and oxygen atoms in total. The maximum absolute atomic E-state index is 2.49. The molecule has 104 valence electrons. The van der Waals surface area contributed by atoms with Crippen molar-refractivity contribution in [3.8, 4) is 0 Å². The van der Waals surface area contributed by atoms with Gasteiger partial charge < -0.3 is 0 Å². The molecule has 0 aromatic heterocycles. The average Bonchev–Trinajstić information content (AvgIpc) is 2.24. The molecule has 0 heteroatoms. The standard InChI is InChI=1S/C17H36/c1-9-11-12-14(5)16(13(3)4)17(7,8)15(6)10-2/h13-16H,9-12H2,1-8H3. The monoisotopic (exact) mass is 240 g/mol. The van der Waals surface area contributed by atoms with Crippen LogP contribution in [0.5, 0.6) is 0 Å². The first-order chi connectivity index (χ1) is 7.78. The van der Waals surface area contributed by atoms with E-state index >= 15 is 0 Å². The Bertz CT molecular complexity index is 190. The molecule has 0 fully saturated rings. The van der Waals surface area contributed by atoms with Crippen molar-refractivity contribution in [3.05, 3.63) is 0 Å². The first-order valence-corrected chi connectivity index (χ1v) is 7.78. The van der Waals surface area contributed by atoms with Crippen molar-refractivity contribution in [2.75, 3.05) is 0 Å². The molecule has 0 spiro atoms. The Hall–Kier alpha value is 0. The third kappa shape index (κ3) is 4.64. The van der Waals surface area contributed by atoms with E-state index in [1.54, 1.807) is 0 Å². The molecule has 0 saturated heterocycles. The molecule has 0 rings (SSSR count). The average molecular weight is 240 g/mol. The minimum Gasteiger partial charge on any atom is -0.0654 e. The molecule has 3 unspecified atom stereocenters. The third-order valence-corrected chi connectivity index (χ3v) is 5.09. The van der Waals surface area contributed by atoms with Gasteiger partial charge in [0.15, 0.2) is 0 Å². The summed E-state index contributed by atoms with van der Waals surface area (Å²) in [6, 6.07) is 0. The van der Waals surface area contributed by atoms with Crippen molar-refractivity contribution < 1.29 is 0 Å². The minimum atomic E-state index is 0.468.